The van der Waals surface area contributed by atoms with Crippen LogP contribution in [-0.4, -0.2) is 69.0 Å². The SMILES string of the molecule is CCCCCCCCCCCCCC/C=C\OC[C@@H](COP(=O)(O)OCC[N+](C)(C)C)OC(=O)CCCCCCCCCCCCCCC. The maximum absolute atomic E-state index is 12.6. The fourth-order valence-electron chi connectivity index (χ4n) is 5.69. The maximum atomic E-state index is 12.6. The Balaban J connectivity index is 4.31. The van der Waals surface area contributed by atoms with Crippen LogP contribution in [0.4, 0.5) is 0 Å². The summed E-state index contributed by atoms with van der Waals surface area (Å²) in [6, 6.07) is 0. The molecule has 0 fully saturated rings. The molecule has 0 saturated carbocycles. The predicted molar refractivity (Wildman–Crippen MR) is 206 cm³/mol. The molecule has 0 aliphatic carbocycles. The number of carbonyl (C=O) groups excluding carboxylic acids is 1. The van der Waals surface area contributed by atoms with Crippen LogP contribution >= 0.6 is 7.82 Å². The van der Waals surface area contributed by atoms with Gasteiger partial charge in [-0.3, -0.25) is 13.8 Å². The Kier molecular flexibility index (Phi) is 33.5. The number of ether oxygens (including phenoxy) is 2. The zero-order chi connectivity index (χ0) is 36.3. The molecule has 0 amide bonds. The Morgan fingerprint density at radius 2 is 1.06 bits per heavy atom. The number of allylic oxidation sites excluding steroid dienone is 1. The van der Waals surface area contributed by atoms with Gasteiger partial charge in [0.2, 0.25) is 0 Å². The highest BCUT2D eigenvalue weighted by Gasteiger charge is 2.26. The molecule has 0 rings (SSSR count). The average Bonchev–Trinajstić information content (AvgIpc) is 3.04. The molecule has 1 unspecified atom stereocenters. The van der Waals surface area contributed by atoms with Gasteiger partial charge in [0.1, 0.15) is 19.8 Å². The second-order valence-electron chi connectivity index (χ2n) is 15.1. The summed E-state index contributed by atoms with van der Waals surface area (Å²) in [7, 11) is 1.65. The van der Waals surface area contributed by atoms with Gasteiger partial charge in [-0.05, 0) is 25.3 Å². The zero-order valence-corrected chi connectivity index (χ0v) is 33.8. The van der Waals surface area contributed by atoms with Crippen LogP contribution in [-0.2, 0) is 27.9 Å². The van der Waals surface area contributed by atoms with Crippen molar-refractivity contribution >= 4 is 13.8 Å². The molecule has 0 aromatic heterocycles. The van der Waals surface area contributed by atoms with E-state index in [0.717, 1.165) is 32.1 Å². The molecular formula is C40H81NO7P+. The van der Waals surface area contributed by atoms with Gasteiger partial charge in [-0.25, -0.2) is 4.57 Å². The van der Waals surface area contributed by atoms with Gasteiger partial charge in [-0.1, -0.05) is 162 Å². The second kappa shape index (κ2) is 34.2. The predicted octanol–water partition coefficient (Wildman–Crippen LogP) is 11.8. The van der Waals surface area contributed by atoms with Gasteiger partial charge in [0.15, 0.2) is 6.10 Å². The molecule has 2 atom stereocenters. The van der Waals surface area contributed by atoms with Crippen molar-refractivity contribution in [2.75, 3.05) is 47.5 Å². The van der Waals surface area contributed by atoms with Crippen molar-refractivity contribution in [2.45, 2.75) is 193 Å². The Hall–Kier alpha value is -0.920. The van der Waals surface area contributed by atoms with Crippen LogP contribution in [0.25, 0.3) is 0 Å². The third-order valence-electron chi connectivity index (χ3n) is 8.92. The smallest absolute Gasteiger partial charge is 0.472 e. The molecular weight excluding hydrogens is 637 g/mol. The van der Waals surface area contributed by atoms with Crippen LogP contribution in [0.2, 0.25) is 0 Å². The molecule has 0 saturated heterocycles. The number of esters is 1. The Morgan fingerprint density at radius 1 is 0.633 bits per heavy atom. The van der Waals surface area contributed by atoms with Crippen LogP contribution in [0.3, 0.4) is 0 Å². The van der Waals surface area contributed by atoms with Gasteiger partial charge < -0.3 is 18.9 Å². The number of hydrogen-bond acceptors (Lipinski definition) is 6. The fraction of sp³-hybridized carbons (Fsp3) is 0.925. The maximum Gasteiger partial charge on any atom is 0.472 e. The number of phosphoric acid groups is 1. The summed E-state index contributed by atoms with van der Waals surface area (Å²) in [5.41, 5.74) is 0. The van der Waals surface area contributed by atoms with E-state index in [-0.39, 0.29) is 25.8 Å². The topological polar surface area (TPSA) is 91.3 Å². The average molecular weight is 719 g/mol. The van der Waals surface area contributed by atoms with Crippen LogP contribution in [0.5, 0.6) is 0 Å². The number of rotatable bonds is 38. The minimum absolute atomic E-state index is 0.0537. The van der Waals surface area contributed by atoms with Gasteiger partial charge in [0.25, 0.3) is 0 Å². The summed E-state index contributed by atoms with van der Waals surface area (Å²) in [6.45, 7) is 4.94. The summed E-state index contributed by atoms with van der Waals surface area (Å²) in [6.07, 6.45) is 36.1. The molecule has 1 N–H and O–H groups in total. The first-order valence-electron chi connectivity index (χ1n) is 20.5. The number of unbranched alkanes of at least 4 members (excludes halogenated alkanes) is 24. The first kappa shape index (κ1) is 48.1. The van der Waals surface area contributed by atoms with E-state index in [4.69, 9.17) is 18.5 Å². The molecule has 0 aliphatic heterocycles. The number of hydrogen-bond donors (Lipinski definition) is 1. The van der Waals surface area contributed by atoms with Crippen molar-refractivity contribution in [3.05, 3.63) is 12.3 Å². The molecule has 292 valence electrons. The molecule has 0 aromatic rings. The molecule has 0 radical (unpaired) electrons. The van der Waals surface area contributed by atoms with Crippen LogP contribution < -0.4 is 0 Å². The van der Waals surface area contributed by atoms with Crippen molar-refractivity contribution in [1.29, 1.82) is 0 Å². The third-order valence-corrected chi connectivity index (χ3v) is 9.91. The fourth-order valence-corrected chi connectivity index (χ4v) is 6.44. The largest absolute Gasteiger partial charge is 0.498 e. The van der Waals surface area contributed by atoms with E-state index in [1.807, 2.05) is 27.2 Å². The van der Waals surface area contributed by atoms with Gasteiger partial charge >= 0.3 is 13.8 Å². The molecule has 9 heteroatoms. The molecule has 8 nitrogen and oxygen atoms in total. The van der Waals surface area contributed by atoms with Crippen molar-refractivity contribution < 1.29 is 37.3 Å². The minimum atomic E-state index is -4.28. The quantitative estimate of drug-likeness (QED) is 0.0223. The van der Waals surface area contributed by atoms with Crippen molar-refractivity contribution in [3.8, 4) is 0 Å². The molecule has 0 aliphatic rings. The Labute approximate surface area is 303 Å². The van der Waals surface area contributed by atoms with Crippen LogP contribution in [0.1, 0.15) is 187 Å². The number of nitrogens with zero attached hydrogens (tertiary/aromatic N) is 1. The lowest BCUT2D eigenvalue weighted by molar-refractivity contribution is -0.870. The molecule has 0 spiro atoms. The number of phosphoric ester groups is 1. The summed E-state index contributed by atoms with van der Waals surface area (Å²) in [4.78, 5) is 22.8. The van der Waals surface area contributed by atoms with E-state index in [1.54, 1.807) is 6.26 Å². The van der Waals surface area contributed by atoms with E-state index in [1.165, 1.54) is 135 Å². The number of quaternary nitrogens is 1. The van der Waals surface area contributed by atoms with Gasteiger partial charge in [-0.2, -0.15) is 0 Å². The lowest BCUT2D eigenvalue weighted by Gasteiger charge is -2.24. The summed E-state index contributed by atoms with van der Waals surface area (Å²) in [5, 5.41) is 0. The van der Waals surface area contributed by atoms with E-state index in [2.05, 4.69) is 13.8 Å². The van der Waals surface area contributed by atoms with E-state index in [9.17, 15) is 14.3 Å². The lowest BCUT2D eigenvalue weighted by atomic mass is 10.0. The Bertz CT molecular complexity index is 802. The third kappa shape index (κ3) is 38.1. The van der Waals surface area contributed by atoms with Crippen molar-refractivity contribution in [1.82, 2.24) is 0 Å². The molecule has 0 bridgehead atoms. The van der Waals surface area contributed by atoms with Crippen LogP contribution in [0.15, 0.2) is 12.3 Å². The van der Waals surface area contributed by atoms with E-state index in [0.29, 0.717) is 17.4 Å². The monoisotopic (exact) mass is 719 g/mol. The minimum Gasteiger partial charge on any atom is -0.498 e. The standard InChI is InChI=1S/C40H80NO7P/c1-6-8-10-12-14-16-18-20-22-24-26-28-30-32-35-45-37-39(38-47-49(43,44)46-36-34-41(3,4)5)48-40(42)33-31-29-27-25-23-21-19-17-15-13-11-9-7-2/h32,35,39H,6-31,33-34,36-38H2,1-5H3/p+1/b35-32-/t39-/m0/s1. The number of carbonyl (C=O) groups is 1. The van der Waals surface area contributed by atoms with Crippen molar-refractivity contribution in [3.63, 3.8) is 0 Å². The van der Waals surface area contributed by atoms with Gasteiger partial charge in [-0.15, -0.1) is 0 Å². The molecule has 0 heterocycles. The van der Waals surface area contributed by atoms with Gasteiger partial charge in [0, 0.05) is 6.42 Å². The molecule has 49 heavy (non-hydrogen) atoms. The zero-order valence-electron chi connectivity index (χ0n) is 32.9. The summed E-state index contributed by atoms with van der Waals surface area (Å²) >= 11 is 0. The van der Waals surface area contributed by atoms with E-state index >= 15 is 0 Å². The summed E-state index contributed by atoms with van der Waals surface area (Å²) < 4.78 is 34.7. The number of likely N-dealkylation sites (N-methyl/N-ethyl adjacent to an activating group) is 1. The second-order valence-corrected chi connectivity index (χ2v) is 16.6. The highest BCUT2D eigenvalue weighted by molar-refractivity contribution is 7.47. The van der Waals surface area contributed by atoms with Crippen molar-refractivity contribution in [2.24, 2.45) is 0 Å². The summed E-state index contributed by atoms with van der Waals surface area (Å²) in [5.74, 6) is -0.334. The normalized spacial score (nSPS) is 13.9. The molecule has 0 aromatic carbocycles. The van der Waals surface area contributed by atoms with Crippen LogP contribution in [0, 0.1) is 0 Å². The first-order chi connectivity index (χ1) is 23.6. The highest BCUT2D eigenvalue weighted by Crippen LogP contribution is 2.43. The Morgan fingerprint density at radius 3 is 1.51 bits per heavy atom. The first-order valence-corrected chi connectivity index (χ1v) is 22.0. The lowest BCUT2D eigenvalue weighted by Crippen LogP contribution is -2.37. The highest BCUT2D eigenvalue weighted by atomic mass is 31.2. The van der Waals surface area contributed by atoms with E-state index < -0.39 is 13.9 Å². The van der Waals surface area contributed by atoms with Gasteiger partial charge in [0.05, 0.1) is 34.0 Å².